The highest BCUT2D eigenvalue weighted by Gasteiger charge is 2.44. The van der Waals surface area contributed by atoms with Crippen LogP contribution in [0.1, 0.15) is 43.0 Å². The number of amides is 1. The second kappa shape index (κ2) is 11.5. The minimum Gasteiger partial charge on any atom is -0.395 e. The molecular formula is C26H36N6O5S2. The summed E-state index contributed by atoms with van der Waals surface area (Å²) in [6, 6.07) is 5.36. The van der Waals surface area contributed by atoms with Crippen LogP contribution in [-0.4, -0.2) is 86.9 Å². The number of aromatic nitrogens is 2. The maximum Gasteiger partial charge on any atom is 0.260 e. The van der Waals surface area contributed by atoms with E-state index in [1.165, 1.54) is 19.0 Å². The zero-order chi connectivity index (χ0) is 27.6. The number of rotatable bonds is 9. The monoisotopic (exact) mass is 576 g/mol. The molecule has 1 amide bonds. The molecule has 1 spiro atoms. The third kappa shape index (κ3) is 6.59. The smallest absolute Gasteiger partial charge is 0.260 e. The Morgan fingerprint density at radius 2 is 1.95 bits per heavy atom. The van der Waals surface area contributed by atoms with Crippen molar-refractivity contribution in [2.45, 2.75) is 43.6 Å². The Kier molecular flexibility index (Phi) is 8.22. The lowest BCUT2D eigenvalue weighted by Crippen LogP contribution is -2.41. The van der Waals surface area contributed by atoms with Crippen LogP contribution in [0.25, 0.3) is 0 Å². The largest absolute Gasteiger partial charge is 0.395 e. The highest BCUT2D eigenvalue weighted by Crippen LogP contribution is 2.54. The lowest BCUT2D eigenvalue weighted by atomic mass is 9.93. The van der Waals surface area contributed by atoms with Crippen LogP contribution in [0.4, 0.5) is 23.1 Å². The molecule has 0 unspecified atom stereocenters. The number of carbonyl (C=O) groups is 1. The van der Waals surface area contributed by atoms with E-state index in [1.54, 1.807) is 23.9 Å². The van der Waals surface area contributed by atoms with Crippen molar-refractivity contribution in [2.75, 3.05) is 71.2 Å². The summed E-state index contributed by atoms with van der Waals surface area (Å²) in [6.45, 7) is 5.17. The zero-order valence-electron chi connectivity index (χ0n) is 22.4. The molecule has 3 N–H and O–H groups in total. The SMILES string of the molecule is CSc1ccc(NC(=O)c2cnc(NS(=O)(=O)CCO)cc2N2CCC3(CC2)CC3)nc1N1CCO[C@H](C)C1. The minimum absolute atomic E-state index is 0.0924. The maximum absolute atomic E-state index is 13.6. The lowest BCUT2D eigenvalue weighted by molar-refractivity contribution is 0.0527. The number of morpholine rings is 1. The summed E-state index contributed by atoms with van der Waals surface area (Å²) in [5.41, 5.74) is 1.42. The Hall–Kier alpha value is -2.61. The van der Waals surface area contributed by atoms with Crippen molar-refractivity contribution in [2.24, 2.45) is 5.41 Å². The second-order valence-electron chi connectivity index (χ2n) is 10.5. The first-order chi connectivity index (χ1) is 18.7. The third-order valence-corrected chi connectivity index (χ3v) is 9.71. The molecule has 2 saturated heterocycles. The molecule has 0 aromatic carbocycles. The third-order valence-electron chi connectivity index (χ3n) is 7.71. The fourth-order valence-corrected chi connectivity index (χ4v) is 6.59. The summed E-state index contributed by atoms with van der Waals surface area (Å²) in [5.74, 6) is 0.572. The van der Waals surface area contributed by atoms with E-state index >= 15 is 0 Å². The molecule has 2 aromatic rings. The Morgan fingerprint density at radius 1 is 1.18 bits per heavy atom. The van der Waals surface area contributed by atoms with Crippen LogP contribution in [0.5, 0.6) is 0 Å². The molecule has 13 heteroatoms. The summed E-state index contributed by atoms with van der Waals surface area (Å²) in [7, 11) is -3.76. The van der Waals surface area contributed by atoms with Gasteiger partial charge in [-0.05, 0) is 56.4 Å². The van der Waals surface area contributed by atoms with Gasteiger partial charge in [-0.1, -0.05) is 0 Å². The molecule has 1 atom stereocenters. The summed E-state index contributed by atoms with van der Waals surface area (Å²) in [5, 5.41) is 12.0. The quantitative estimate of drug-likeness (QED) is 0.382. The first-order valence-electron chi connectivity index (χ1n) is 13.3. The number of ether oxygens (including phenoxy) is 1. The average molecular weight is 577 g/mol. The van der Waals surface area contributed by atoms with Gasteiger partial charge in [0.15, 0.2) is 0 Å². The van der Waals surface area contributed by atoms with E-state index in [2.05, 4.69) is 24.8 Å². The predicted octanol–water partition coefficient (Wildman–Crippen LogP) is 2.79. The minimum atomic E-state index is -3.76. The van der Waals surface area contributed by atoms with Gasteiger partial charge in [0.05, 0.1) is 36.3 Å². The Bertz CT molecular complexity index is 1310. The van der Waals surface area contributed by atoms with Crippen molar-refractivity contribution in [1.29, 1.82) is 0 Å². The lowest BCUT2D eigenvalue weighted by Gasteiger charge is -2.35. The molecule has 2 aliphatic heterocycles. The topological polar surface area (TPSA) is 137 Å². The van der Waals surface area contributed by atoms with Gasteiger partial charge >= 0.3 is 0 Å². The molecular weight excluding hydrogens is 540 g/mol. The number of hydrogen-bond donors (Lipinski definition) is 3. The normalized spacial score (nSPS) is 20.6. The number of sulfonamides is 1. The number of pyridine rings is 2. The number of aliphatic hydroxyl groups excluding tert-OH is 1. The standard InChI is InChI=1S/C26H36N6O5S2/c1-18-17-32(11-13-37-18)24-21(38-2)3-4-22(28-24)29-25(34)19-16-27-23(30-39(35,36)14-12-33)15-20(19)31-9-7-26(5-6-26)8-10-31/h3-4,15-16,18,33H,5-14,17H2,1-2H3,(H,27,30)(H,28,29,34)/t18-/m1/s1. The van der Waals surface area contributed by atoms with Crippen LogP contribution in [-0.2, 0) is 14.8 Å². The highest BCUT2D eigenvalue weighted by molar-refractivity contribution is 7.98. The second-order valence-corrected chi connectivity index (χ2v) is 13.2. The van der Waals surface area contributed by atoms with Crippen molar-refractivity contribution in [1.82, 2.24) is 9.97 Å². The van der Waals surface area contributed by atoms with Crippen molar-refractivity contribution < 1.29 is 23.1 Å². The van der Waals surface area contributed by atoms with E-state index in [4.69, 9.17) is 14.8 Å². The van der Waals surface area contributed by atoms with Crippen molar-refractivity contribution in [3.05, 3.63) is 30.0 Å². The molecule has 1 saturated carbocycles. The molecule has 11 nitrogen and oxygen atoms in total. The number of carbonyl (C=O) groups excluding carboxylic acids is 1. The van der Waals surface area contributed by atoms with E-state index < -0.39 is 22.4 Å². The van der Waals surface area contributed by atoms with Gasteiger partial charge in [-0.2, -0.15) is 0 Å². The molecule has 2 aromatic heterocycles. The van der Waals surface area contributed by atoms with Gasteiger partial charge in [0.25, 0.3) is 5.91 Å². The molecule has 212 valence electrons. The molecule has 4 heterocycles. The van der Waals surface area contributed by atoms with Gasteiger partial charge in [0, 0.05) is 43.3 Å². The van der Waals surface area contributed by atoms with E-state index in [0.717, 1.165) is 49.7 Å². The van der Waals surface area contributed by atoms with Crippen LogP contribution in [0.15, 0.2) is 29.3 Å². The van der Waals surface area contributed by atoms with E-state index in [0.29, 0.717) is 29.1 Å². The predicted molar refractivity (Wildman–Crippen MR) is 153 cm³/mol. The number of nitrogens with zero attached hydrogens (tertiary/aromatic N) is 4. The summed E-state index contributed by atoms with van der Waals surface area (Å²) in [4.78, 5) is 27.9. The van der Waals surface area contributed by atoms with Crippen LogP contribution in [0.3, 0.4) is 0 Å². The Labute approximate surface area is 233 Å². The first kappa shape index (κ1) is 27.9. The fraction of sp³-hybridized carbons (Fsp3) is 0.577. The van der Waals surface area contributed by atoms with Gasteiger partial charge in [0.2, 0.25) is 10.0 Å². The van der Waals surface area contributed by atoms with Gasteiger partial charge in [-0.3, -0.25) is 9.52 Å². The molecule has 39 heavy (non-hydrogen) atoms. The highest BCUT2D eigenvalue weighted by atomic mass is 32.2. The zero-order valence-corrected chi connectivity index (χ0v) is 24.0. The molecule has 0 radical (unpaired) electrons. The number of hydrogen-bond acceptors (Lipinski definition) is 10. The summed E-state index contributed by atoms with van der Waals surface area (Å²) in [6.07, 6.45) is 8.08. The van der Waals surface area contributed by atoms with E-state index in [1.807, 2.05) is 19.2 Å². The Morgan fingerprint density at radius 3 is 2.62 bits per heavy atom. The average Bonchev–Trinajstić information content (AvgIpc) is 3.67. The first-order valence-corrected chi connectivity index (χ1v) is 16.2. The fourth-order valence-electron chi connectivity index (χ4n) is 5.25. The summed E-state index contributed by atoms with van der Waals surface area (Å²) >= 11 is 1.60. The van der Waals surface area contributed by atoms with Crippen LogP contribution < -0.4 is 19.8 Å². The molecule has 0 bridgehead atoms. The maximum atomic E-state index is 13.6. The number of thioether (sulfide) groups is 1. The molecule has 5 rings (SSSR count). The van der Waals surface area contributed by atoms with Crippen molar-refractivity contribution >= 4 is 50.8 Å². The van der Waals surface area contributed by atoms with Gasteiger partial charge in [-0.25, -0.2) is 18.4 Å². The van der Waals surface area contributed by atoms with Gasteiger partial charge in [-0.15, -0.1) is 11.8 Å². The van der Waals surface area contributed by atoms with E-state index in [9.17, 15) is 13.2 Å². The number of aliphatic hydroxyl groups is 1. The number of nitrogens with one attached hydrogen (secondary N) is 2. The van der Waals surface area contributed by atoms with Crippen LogP contribution in [0, 0.1) is 5.41 Å². The molecule has 3 aliphatic rings. The van der Waals surface area contributed by atoms with Crippen molar-refractivity contribution in [3.8, 4) is 0 Å². The van der Waals surface area contributed by atoms with Crippen LogP contribution in [0.2, 0.25) is 0 Å². The van der Waals surface area contributed by atoms with Crippen molar-refractivity contribution in [3.63, 3.8) is 0 Å². The van der Waals surface area contributed by atoms with Gasteiger partial charge < -0.3 is 25.0 Å². The number of anilines is 4. The molecule has 1 aliphatic carbocycles. The number of piperidine rings is 1. The van der Waals surface area contributed by atoms with Crippen LogP contribution >= 0.6 is 11.8 Å². The Balaban J connectivity index is 1.41. The van der Waals surface area contributed by atoms with E-state index in [-0.39, 0.29) is 17.8 Å². The van der Waals surface area contributed by atoms with Gasteiger partial charge in [0.1, 0.15) is 17.5 Å². The molecule has 3 fully saturated rings. The summed E-state index contributed by atoms with van der Waals surface area (Å²) < 4.78 is 32.6.